The molecule has 0 aromatic heterocycles. The van der Waals surface area contributed by atoms with Crippen LogP contribution in [0.5, 0.6) is 0 Å². The van der Waals surface area contributed by atoms with Crippen LogP contribution in [-0.2, 0) is 10.1 Å². The summed E-state index contributed by atoms with van der Waals surface area (Å²) in [6.45, 7) is 0. The van der Waals surface area contributed by atoms with E-state index < -0.39 is 10.1 Å². The Bertz CT molecular complexity index is 138. The second kappa shape index (κ2) is 8.36. The van der Waals surface area contributed by atoms with Crippen LogP contribution in [0.2, 0.25) is 0 Å². The summed E-state index contributed by atoms with van der Waals surface area (Å²) in [4.78, 5) is 0. The van der Waals surface area contributed by atoms with E-state index in [4.69, 9.17) is 4.55 Å². The molecule has 3 nitrogen and oxygen atoms in total. The molecule has 0 unspecified atom stereocenters. The largest absolute Gasteiger partial charge is 1.00 e. The van der Waals surface area contributed by atoms with Gasteiger partial charge >= 0.3 is 59.1 Å². The fourth-order valence-electron chi connectivity index (χ4n) is 0.115. The molecule has 0 aliphatic heterocycles. The third kappa shape index (κ3) is 17.9. The van der Waals surface area contributed by atoms with Gasteiger partial charge in [0.1, 0.15) is 0 Å². The molecule has 0 spiro atoms. The average Bonchev–Trinajstić information content (AvgIpc) is 1.30. The van der Waals surface area contributed by atoms with Crippen molar-refractivity contribution in [2.45, 2.75) is 0 Å². The summed E-state index contributed by atoms with van der Waals surface area (Å²) < 4.78 is 27.4. The molecule has 0 bridgehead atoms. The van der Waals surface area contributed by atoms with Crippen molar-refractivity contribution in [3.8, 4) is 0 Å². The van der Waals surface area contributed by atoms with E-state index in [1.54, 1.807) is 0 Å². The predicted octanol–water partition coefficient (Wildman–Crippen LogP) is -5.96. The molecule has 0 aromatic carbocycles. The zero-order valence-electron chi connectivity index (χ0n) is 7.53. The van der Waals surface area contributed by atoms with E-state index in [0.717, 1.165) is 0 Å². The zero-order chi connectivity index (χ0) is 5.91. The monoisotopic (exact) mass is 190 g/mol. The molecule has 0 fully saturated rings. The Morgan fingerprint density at radius 1 is 1.44 bits per heavy atom. The van der Waals surface area contributed by atoms with E-state index in [-0.39, 0.29) is 73.5 Å². The third-order valence-electron chi connectivity index (χ3n) is 0.349. The molecule has 1 N–H and O–H groups in total. The van der Waals surface area contributed by atoms with Crippen molar-refractivity contribution in [2.24, 2.45) is 0 Å². The molecule has 0 radical (unpaired) electrons. The van der Waals surface area contributed by atoms with Crippen LogP contribution in [0.1, 0.15) is 2.85 Å². The van der Waals surface area contributed by atoms with Gasteiger partial charge < -0.3 is 2.85 Å². The molecular weight excluding hydrogens is 182 g/mol. The standard InChI is InChI=1S/C2H6O3S2.2Na.2H/c3-7(4,5)2-1-6;;;;/h6H,1-2H2,(H,3,4,5);;;;/q;2*+1;2*-1. The zero-order valence-corrected chi connectivity index (χ0v) is 11.2. The van der Waals surface area contributed by atoms with Gasteiger partial charge in [-0.15, -0.1) is 0 Å². The molecular formula is C2H8Na2O3S2. The van der Waals surface area contributed by atoms with Gasteiger partial charge in [-0.2, -0.15) is 21.0 Å². The molecule has 0 aliphatic rings. The van der Waals surface area contributed by atoms with E-state index in [1.165, 1.54) is 0 Å². The van der Waals surface area contributed by atoms with Crippen LogP contribution in [0.3, 0.4) is 0 Å². The minimum atomic E-state index is -3.75. The molecule has 0 aromatic rings. The normalized spacial score (nSPS) is 9.11. The van der Waals surface area contributed by atoms with Crippen molar-refractivity contribution < 1.29 is 74.9 Å². The molecule has 7 heteroatoms. The number of rotatable bonds is 2. The Labute approximate surface area is 108 Å². The van der Waals surface area contributed by atoms with Crippen molar-refractivity contribution in [2.75, 3.05) is 11.5 Å². The van der Waals surface area contributed by atoms with E-state index in [2.05, 4.69) is 12.6 Å². The number of hydrogen-bond acceptors (Lipinski definition) is 3. The molecule has 0 aliphatic carbocycles. The number of thiol groups is 1. The third-order valence-corrected chi connectivity index (χ3v) is 1.60. The summed E-state index contributed by atoms with van der Waals surface area (Å²) in [5, 5.41) is 0. The van der Waals surface area contributed by atoms with Crippen molar-refractivity contribution in [3.63, 3.8) is 0 Å². The minimum absolute atomic E-state index is 0. The van der Waals surface area contributed by atoms with E-state index in [0.29, 0.717) is 0 Å². The summed E-state index contributed by atoms with van der Waals surface area (Å²) in [5.74, 6) is -0.102. The quantitative estimate of drug-likeness (QED) is 0.259. The van der Waals surface area contributed by atoms with E-state index >= 15 is 0 Å². The van der Waals surface area contributed by atoms with Crippen LogP contribution in [-0.4, -0.2) is 24.5 Å². The summed E-state index contributed by atoms with van der Waals surface area (Å²) in [6, 6.07) is 0. The van der Waals surface area contributed by atoms with Crippen LogP contribution in [0, 0.1) is 0 Å². The summed E-state index contributed by atoms with van der Waals surface area (Å²) in [7, 11) is -3.75. The first-order chi connectivity index (χ1) is 3.06. The SMILES string of the molecule is O=S(=O)(O)CCS.[H-].[H-].[Na+].[Na+]. The molecule has 0 rings (SSSR count). The van der Waals surface area contributed by atoms with Gasteiger partial charge in [-0.3, -0.25) is 4.55 Å². The molecule has 0 saturated carbocycles. The van der Waals surface area contributed by atoms with Crippen LogP contribution in [0.15, 0.2) is 0 Å². The van der Waals surface area contributed by atoms with Gasteiger partial charge in [-0.25, -0.2) is 0 Å². The number of hydrogen-bond donors (Lipinski definition) is 2. The Morgan fingerprint density at radius 3 is 1.78 bits per heavy atom. The molecule has 9 heavy (non-hydrogen) atoms. The maximum Gasteiger partial charge on any atom is 1.00 e. The molecule has 0 saturated heterocycles. The Hall–Kier alpha value is 2.26. The molecule has 48 valence electrons. The summed E-state index contributed by atoms with van der Waals surface area (Å²) in [6.07, 6.45) is 0. The van der Waals surface area contributed by atoms with Crippen molar-refractivity contribution in [1.82, 2.24) is 0 Å². The second-order valence-electron chi connectivity index (χ2n) is 1.01. The maximum atomic E-state index is 9.74. The van der Waals surface area contributed by atoms with E-state index in [1.807, 2.05) is 0 Å². The van der Waals surface area contributed by atoms with Crippen molar-refractivity contribution >= 4 is 22.7 Å². The predicted molar refractivity (Wildman–Crippen MR) is 32.5 cm³/mol. The van der Waals surface area contributed by atoms with Crippen LogP contribution in [0.25, 0.3) is 0 Å². The Balaban J connectivity index is -0.0000000300. The van der Waals surface area contributed by atoms with Crippen LogP contribution in [0.4, 0.5) is 0 Å². The van der Waals surface area contributed by atoms with Crippen LogP contribution < -0.4 is 59.1 Å². The average molecular weight is 190 g/mol. The van der Waals surface area contributed by atoms with Crippen LogP contribution >= 0.6 is 12.6 Å². The fraction of sp³-hybridized carbons (Fsp3) is 1.00. The van der Waals surface area contributed by atoms with Gasteiger partial charge in [0.05, 0.1) is 5.75 Å². The minimum Gasteiger partial charge on any atom is -1.00 e. The Kier molecular flexibility index (Phi) is 16.1. The smallest absolute Gasteiger partial charge is 1.00 e. The first-order valence-corrected chi connectivity index (χ1v) is 3.86. The first kappa shape index (κ1) is 17.4. The summed E-state index contributed by atoms with van der Waals surface area (Å²) in [5.41, 5.74) is 0. The van der Waals surface area contributed by atoms with Crippen molar-refractivity contribution in [3.05, 3.63) is 0 Å². The topological polar surface area (TPSA) is 54.4 Å². The Morgan fingerprint density at radius 2 is 1.78 bits per heavy atom. The van der Waals surface area contributed by atoms with E-state index in [9.17, 15) is 8.42 Å². The van der Waals surface area contributed by atoms with Gasteiger partial charge in [-0.1, -0.05) is 0 Å². The van der Waals surface area contributed by atoms with Gasteiger partial charge in [0, 0.05) is 5.75 Å². The van der Waals surface area contributed by atoms with Gasteiger partial charge in [0.2, 0.25) is 0 Å². The summed E-state index contributed by atoms with van der Waals surface area (Å²) >= 11 is 3.57. The molecule has 0 heterocycles. The fourth-order valence-corrected chi connectivity index (χ4v) is 1.04. The van der Waals surface area contributed by atoms with Crippen molar-refractivity contribution in [1.29, 1.82) is 0 Å². The van der Waals surface area contributed by atoms with Gasteiger partial charge in [0.25, 0.3) is 10.1 Å². The second-order valence-corrected chi connectivity index (χ2v) is 3.03. The molecule has 0 amide bonds. The first-order valence-electron chi connectivity index (χ1n) is 1.62. The maximum absolute atomic E-state index is 9.74. The van der Waals surface area contributed by atoms with Gasteiger partial charge in [-0.05, 0) is 0 Å². The van der Waals surface area contributed by atoms with Gasteiger partial charge in [0.15, 0.2) is 0 Å². The molecule has 0 atom stereocenters.